The fourth-order valence-electron chi connectivity index (χ4n) is 2.35. The monoisotopic (exact) mass is 285 g/mol. The largest absolute Gasteiger partial charge is 0.450 e. The smallest absolute Gasteiger partial charge is 0.407 e. The van der Waals surface area contributed by atoms with Crippen molar-refractivity contribution in [3.63, 3.8) is 0 Å². The zero-order chi connectivity index (χ0) is 14.5. The quantitative estimate of drug-likeness (QED) is 0.603. The first-order valence-corrected chi connectivity index (χ1v) is 8.16. The van der Waals surface area contributed by atoms with Crippen molar-refractivity contribution >= 4 is 6.09 Å². The number of carbonyl (C=O) groups excluding carboxylic acids is 1. The Kier molecular flexibility index (Phi) is 10.3. The summed E-state index contributed by atoms with van der Waals surface area (Å²) in [4.78, 5) is 13.8. The highest BCUT2D eigenvalue weighted by Gasteiger charge is 2.09. The van der Waals surface area contributed by atoms with E-state index in [1.165, 1.54) is 25.7 Å². The Labute approximate surface area is 123 Å². The molecule has 1 aliphatic heterocycles. The zero-order valence-corrected chi connectivity index (χ0v) is 13.0. The first kappa shape index (κ1) is 17.2. The van der Waals surface area contributed by atoms with Gasteiger partial charge in [0.25, 0.3) is 0 Å². The van der Waals surface area contributed by atoms with Crippen LogP contribution in [0.3, 0.4) is 0 Å². The van der Waals surface area contributed by atoms with Gasteiger partial charge in [-0.15, -0.1) is 0 Å². The molecule has 0 aromatic carbocycles. The van der Waals surface area contributed by atoms with Crippen LogP contribution in [0.5, 0.6) is 0 Å². The Hall–Kier alpha value is -0.810. The van der Waals surface area contributed by atoms with Crippen LogP contribution in [0.25, 0.3) is 0 Å². The summed E-state index contributed by atoms with van der Waals surface area (Å²) in [5.41, 5.74) is 0. The number of nitrogens with one attached hydrogen (secondary N) is 2. The van der Waals surface area contributed by atoms with Crippen molar-refractivity contribution in [2.75, 3.05) is 45.9 Å². The van der Waals surface area contributed by atoms with Crippen molar-refractivity contribution in [2.24, 2.45) is 0 Å². The fourth-order valence-corrected chi connectivity index (χ4v) is 2.35. The van der Waals surface area contributed by atoms with E-state index < -0.39 is 0 Å². The molecule has 118 valence electrons. The van der Waals surface area contributed by atoms with E-state index in [0.29, 0.717) is 13.2 Å². The Morgan fingerprint density at radius 3 is 2.60 bits per heavy atom. The van der Waals surface area contributed by atoms with Crippen molar-refractivity contribution in [3.05, 3.63) is 0 Å². The van der Waals surface area contributed by atoms with E-state index in [4.69, 9.17) is 4.74 Å². The predicted molar refractivity (Wildman–Crippen MR) is 82.0 cm³/mol. The number of unbranched alkanes of at least 4 members (excludes halogenated alkanes) is 5. The van der Waals surface area contributed by atoms with Gasteiger partial charge in [0, 0.05) is 39.3 Å². The summed E-state index contributed by atoms with van der Waals surface area (Å²) in [6, 6.07) is 0. The molecule has 1 heterocycles. The minimum absolute atomic E-state index is 0.270. The van der Waals surface area contributed by atoms with E-state index in [1.807, 2.05) is 0 Å². The van der Waals surface area contributed by atoms with Crippen LogP contribution in [0.4, 0.5) is 4.79 Å². The van der Waals surface area contributed by atoms with Crippen LogP contribution < -0.4 is 10.6 Å². The normalized spacial score (nSPS) is 16.1. The molecule has 0 bridgehead atoms. The van der Waals surface area contributed by atoms with Gasteiger partial charge in [0.1, 0.15) is 0 Å². The Bertz CT molecular complexity index is 243. The average Bonchev–Trinajstić information content (AvgIpc) is 2.47. The fraction of sp³-hybridized carbons (Fsp3) is 0.933. The third kappa shape index (κ3) is 9.15. The number of alkyl carbamates (subject to hydrolysis) is 1. The molecule has 5 nitrogen and oxygen atoms in total. The lowest BCUT2D eigenvalue weighted by Gasteiger charge is -2.26. The van der Waals surface area contributed by atoms with Gasteiger partial charge < -0.3 is 15.4 Å². The number of ether oxygens (including phenoxy) is 1. The van der Waals surface area contributed by atoms with Crippen LogP contribution in [0, 0.1) is 0 Å². The standard InChI is InChI=1S/C15H31N3O2/c1-2-3-4-5-6-7-14-20-15(19)17-10-13-18-11-8-16-9-12-18/h16H,2-14H2,1H3,(H,17,19). The second-order valence-corrected chi connectivity index (χ2v) is 5.42. The third-order valence-electron chi connectivity index (χ3n) is 3.64. The molecule has 1 saturated heterocycles. The molecule has 1 aliphatic rings. The Morgan fingerprint density at radius 2 is 1.85 bits per heavy atom. The van der Waals surface area contributed by atoms with E-state index in [1.54, 1.807) is 0 Å². The van der Waals surface area contributed by atoms with Crippen LogP contribution in [0.15, 0.2) is 0 Å². The number of amides is 1. The summed E-state index contributed by atoms with van der Waals surface area (Å²) in [5.74, 6) is 0. The molecule has 5 heteroatoms. The third-order valence-corrected chi connectivity index (χ3v) is 3.64. The lowest BCUT2D eigenvalue weighted by molar-refractivity contribution is 0.141. The highest BCUT2D eigenvalue weighted by Crippen LogP contribution is 2.04. The molecule has 1 rings (SSSR count). The van der Waals surface area contributed by atoms with E-state index in [2.05, 4.69) is 22.5 Å². The maximum absolute atomic E-state index is 11.5. The maximum Gasteiger partial charge on any atom is 0.407 e. The molecule has 2 N–H and O–H groups in total. The van der Waals surface area contributed by atoms with Crippen LogP contribution in [-0.4, -0.2) is 56.9 Å². The first-order chi connectivity index (χ1) is 9.83. The molecule has 0 unspecified atom stereocenters. The van der Waals surface area contributed by atoms with Crippen molar-refractivity contribution < 1.29 is 9.53 Å². The topological polar surface area (TPSA) is 53.6 Å². The van der Waals surface area contributed by atoms with Crippen LogP contribution in [0.1, 0.15) is 45.4 Å². The van der Waals surface area contributed by atoms with Gasteiger partial charge in [-0.25, -0.2) is 4.79 Å². The van der Waals surface area contributed by atoms with Gasteiger partial charge >= 0.3 is 6.09 Å². The average molecular weight is 285 g/mol. The molecule has 0 aromatic rings. The van der Waals surface area contributed by atoms with E-state index in [0.717, 1.165) is 45.6 Å². The van der Waals surface area contributed by atoms with Gasteiger partial charge in [0.05, 0.1) is 6.61 Å². The molecule has 0 aliphatic carbocycles. The summed E-state index contributed by atoms with van der Waals surface area (Å²) in [6.45, 7) is 8.57. The van der Waals surface area contributed by atoms with Crippen molar-refractivity contribution in [2.45, 2.75) is 45.4 Å². The Balaban J connectivity index is 1.85. The van der Waals surface area contributed by atoms with E-state index in [9.17, 15) is 4.79 Å². The van der Waals surface area contributed by atoms with Crippen molar-refractivity contribution in [3.8, 4) is 0 Å². The number of nitrogens with zero attached hydrogens (tertiary/aromatic N) is 1. The maximum atomic E-state index is 11.5. The molecule has 20 heavy (non-hydrogen) atoms. The van der Waals surface area contributed by atoms with E-state index >= 15 is 0 Å². The van der Waals surface area contributed by atoms with Crippen molar-refractivity contribution in [1.82, 2.24) is 15.5 Å². The molecule has 0 atom stereocenters. The van der Waals surface area contributed by atoms with Crippen LogP contribution >= 0.6 is 0 Å². The summed E-state index contributed by atoms with van der Waals surface area (Å²) in [6.07, 6.45) is 7.01. The minimum Gasteiger partial charge on any atom is -0.450 e. The summed E-state index contributed by atoms with van der Waals surface area (Å²) in [5, 5.41) is 6.13. The number of carbonyl (C=O) groups is 1. The Morgan fingerprint density at radius 1 is 1.15 bits per heavy atom. The van der Waals surface area contributed by atoms with Crippen LogP contribution in [-0.2, 0) is 4.74 Å². The molecule has 0 spiro atoms. The lowest BCUT2D eigenvalue weighted by Crippen LogP contribution is -2.46. The van der Waals surface area contributed by atoms with Gasteiger partial charge in [-0.2, -0.15) is 0 Å². The minimum atomic E-state index is -0.270. The molecule has 0 radical (unpaired) electrons. The number of piperazine rings is 1. The predicted octanol–water partition coefficient (Wildman–Crippen LogP) is 1.98. The van der Waals surface area contributed by atoms with Crippen LogP contribution in [0.2, 0.25) is 0 Å². The highest BCUT2D eigenvalue weighted by atomic mass is 16.5. The molecule has 1 fully saturated rings. The number of rotatable bonds is 10. The summed E-state index contributed by atoms with van der Waals surface area (Å²) in [7, 11) is 0. The SMILES string of the molecule is CCCCCCCCOC(=O)NCCN1CCNCC1. The molecule has 0 saturated carbocycles. The van der Waals surface area contributed by atoms with Gasteiger partial charge in [-0.3, -0.25) is 4.90 Å². The van der Waals surface area contributed by atoms with Gasteiger partial charge in [-0.1, -0.05) is 39.0 Å². The van der Waals surface area contributed by atoms with Gasteiger partial charge in [0.2, 0.25) is 0 Å². The molecular weight excluding hydrogens is 254 g/mol. The van der Waals surface area contributed by atoms with Gasteiger partial charge in [0.15, 0.2) is 0 Å². The van der Waals surface area contributed by atoms with Gasteiger partial charge in [-0.05, 0) is 6.42 Å². The zero-order valence-electron chi connectivity index (χ0n) is 13.0. The first-order valence-electron chi connectivity index (χ1n) is 8.16. The highest BCUT2D eigenvalue weighted by molar-refractivity contribution is 5.67. The summed E-state index contributed by atoms with van der Waals surface area (Å²) >= 11 is 0. The lowest BCUT2D eigenvalue weighted by atomic mass is 10.1. The number of hydrogen-bond acceptors (Lipinski definition) is 4. The number of hydrogen-bond donors (Lipinski definition) is 2. The molecular formula is C15H31N3O2. The molecule has 0 aromatic heterocycles. The second kappa shape index (κ2) is 12.0. The van der Waals surface area contributed by atoms with Crippen molar-refractivity contribution in [1.29, 1.82) is 0 Å². The van der Waals surface area contributed by atoms with E-state index in [-0.39, 0.29) is 6.09 Å². The summed E-state index contributed by atoms with van der Waals surface area (Å²) < 4.78 is 5.16. The second-order valence-electron chi connectivity index (χ2n) is 5.42. The molecule has 1 amide bonds.